The smallest absolute Gasteiger partial charge is 0.344 e. The summed E-state index contributed by atoms with van der Waals surface area (Å²) < 4.78 is 10.1. The standard InChI is InChI=1S/C18H17NO6/c1-2-13-3-9-16(10-4-13)24-12-18(21)25-11-17(20)14-5-7-15(8-6-14)19(22)23/h3-10H,2,11-12H2,1H3. The molecule has 0 amide bonds. The van der Waals surface area contributed by atoms with E-state index in [0.717, 1.165) is 12.0 Å². The van der Waals surface area contributed by atoms with Crippen LogP contribution in [0.25, 0.3) is 0 Å². The number of nitro benzene ring substituents is 1. The number of benzene rings is 2. The zero-order chi connectivity index (χ0) is 18.2. The monoisotopic (exact) mass is 343 g/mol. The first-order valence-electron chi connectivity index (χ1n) is 7.64. The number of ether oxygens (including phenoxy) is 2. The van der Waals surface area contributed by atoms with E-state index in [-0.39, 0.29) is 17.9 Å². The lowest BCUT2D eigenvalue weighted by atomic mass is 10.1. The Morgan fingerprint density at radius 3 is 2.20 bits per heavy atom. The summed E-state index contributed by atoms with van der Waals surface area (Å²) in [4.78, 5) is 33.5. The van der Waals surface area contributed by atoms with E-state index in [1.165, 1.54) is 24.3 Å². The molecule has 0 aliphatic rings. The molecule has 0 saturated carbocycles. The van der Waals surface area contributed by atoms with Gasteiger partial charge in [0.15, 0.2) is 19.0 Å². The minimum Gasteiger partial charge on any atom is -0.482 e. The molecule has 7 nitrogen and oxygen atoms in total. The van der Waals surface area contributed by atoms with Crippen LogP contribution in [0.4, 0.5) is 5.69 Å². The molecule has 0 fully saturated rings. The van der Waals surface area contributed by atoms with Gasteiger partial charge in [0, 0.05) is 17.7 Å². The zero-order valence-corrected chi connectivity index (χ0v) is 13.6. The summed E-state index contributed by atoms with van der Waals surface area (Å²) in [7, 11) is 0. The molecule has 2 aromatic carbocycles. The number of carbonyl (C=O) groups is 2. The topological polar surface area (TPSA) is 95.7 Å². The van der Waals surface area contributed by atoms with Gasteiger partial charge in [-0.2, -0.15) is 0 Å². The third kappa shape index (κ3) is 5.42. The summed E-state index contributed by atoms with van der Waals surface area (Å²) in [5.41, 5.74) is 1.27. The Labute approximate surface area is 144 Å². The highest BCUT2D eigenvalue weighted by Crippen LogP contribution is 2.13. The SMILES string of the molecule is CCc1ccc(OCC(=O)OCC(=O)c2ccc([N+](=O)[O-])cc2)cc1. The van der Waals surface area contributed by atoms with Crippen LogP contribution in [0.1, 0.15) is 22.8 Å². The highest BCUT2D eigenvalue weighted by Gasteiger charge is 2.12. The van der Waals surface area contributed by atoms with Gasteiger partial charge >= 0.3 is 5.97 Å². The maximum Gasteiger partial charge on any atom is 0.344 e. The predicted octanol–water partition coefficient (Wildman–Crippen LogP) is 2.96. The van der Waals surface area contributed by atoms with Crippen LogP contribution in [0.2, 0.25) is 0 Å². The molecule has 0 N–H and O–H groups in total. The molecule has 0 saturated heterocycles. The van der Waals surface area contributed by atoms with Crippen molar-refractivity contribution in [3.63, 3.8) is 0 Å². The van der Waals surface area contributed by atoms with Gasteiger partial charge in [0.25, 0.3) is 5.69 Å². The van der Waals surface area contributed by atoms with Gasteiger partial charge in [-0.15, -0.1) is 0 Å². The van der Waals surface area contributed by atoms with Gasteiger partial charge in [0.05, 0.1) is 4.92 Å². The molecular formula is C18H17NO6. The summed E-state index contributed by atoms with van der Waals surface area (Å²) in [6.45, 7) is 1.28. The largest absolute Gasteiger partial charge is 0.482 e. The van der Waals surface area contributed by atoms with E-state index in [4.69, 9.17) is 9.47 Å². The fraction of sp³-hybridized carbons (Fsp3) is 0.222. The number of esters is 1. The molecule has 0 bridgehead atoms. The molecule has 2 aromatic rings. The first kappa shape index (κ1) is 18.1. The minimum absolute atomic E-state index is 0.115. The maximum absolute atomic E-state index is 11.9. The molecule has 0 spiro atoms. The number of aryl methyl sites for hydroxylation is 1. The number of hydrogen-bond acceptors (Lipinski definition) is 6. The van der Waals surface area contributed by atoms with Crippen LogP contribution in [0.15, 0.2) is 48.5 Å². The Morgan fingerprint density at radius 1 is 1.00 bits per heavy atom. The second kappa shape index (κ2) is 8.58. The highest BCUT2D eigenvalue weighted by molar-refractivity contribution is 5.98. The summed E-state index contributed by atoms with van der Waals surface area (Å²) >= 11 is 0. The number of non-ortho nitro benzene ring substituents is 1. The lowest BCUT2D eigenvalue weighted by Gasteiger charge is -2.07. The van der Waals surface area contributed by atoms with Crippen molar-refractivity contribution in [3.05, 3.63) is 69.8 Å². The number of rotatable bonds is 8. The number of nitrogens with zero attached hydrogens (tertiary/aromatic N) is 1. The molecule has 25 heavy (non-hydrogen) atoms. The summed E-state index contributed by atoms with van der Waals surface area (Å²) in [5, 5.41) is 10.6. The van der Waals surface area contributed by atoms with Gasteiger partial charge in [-0.3, -0.25) is 14.9 Å². The third-order valence-electron chi connectivity index (χ3n) is 3.45. The molecule has 0 aliphatic carbocycles. The van der Waals surface area contributed by atoms with Crippen molar-refractivity contribution in [3.8, 4) is 5.75 Å². The number of hydrogen-bond donors (Lipinski definition) is 0. The summed E-state index contributed by atoms with van der Waals surface area (Å²) in [6.07, 6.45) is 0.910. The van der Waals surface area contributed by atoms with E-state index in [2.05, 4.69) is 0 Å². The van der Waals surface area contributed by atoms with Gasteiger partial charge < -0.3 is 9.47 Å². The maximum atomic E-state index is 11.9. The molecule has 0 aliphatic heterocycles. The van der Waals surface area contributed by atoms with Crippen molar-refractivity contribution in [2.75, 3.05) is 13.2 Å². The Kier molecular flexibility index (Phi) is 6.22. The van der Waals surface area contributed by atoms with Crippen LogP contribution in [0.3, 0.4) is 0 Å². The van der Waals surface area contributed by atoms with Crippen molar-refractivity contribution in [2.45, 2.75) is 13.3 Å². The molecule has 0 radical (unpaired) electrons. The van der Waals surface area contributed by atoms with Crippen LogP contribution in [0.5, 0.6) is 5.75 Å². The van der Waals surface area contributed by atoms with Gasteiger partial charge in [-0.05, 0) is 36.2 Å². The minimum atomic E-state index is -0.671. The predicted molar refractivity (Wildman–Crippen MR) is 89.7 cm³/mol. The summed E-state index contributed by atoms with van der Waals surface area (Å²) in [5.74, 6) is -0.582. The average molecular weight is 343 g/mol. The van der Waals surface area contributed by atoms with E-state index in [1.54, 1.807) is 12.1 Å². The van der Waals surface area contributed by atoms with Crippen molar-refractivity contribution in [1.82, 2.24) is 0 Å². The zero-order valence-electron chi connectivity index (χ0n) is 13.6. The number of ketones is 1. The first-order valence-corrected chi connectivity index (χ1v) is 7.64. The molecular weight excluding hydrogens is 326 g/mol. The lowest BCUT2D eigenvalue weighted by Crippen LogP contribution is -2.19. The van der Waals surface area contributed by atoms with Crippen molar-refractivity contribution >= 4 is 17.4 Å². The molecule has 2 rings (SSSR count). The molecule has 130 valence electrons. The van der Waals surface area contributed by atoms with E-state index < -0.39 is 23.3 Å². The van der Waals surface area contributed by atoms with Crippen molar-refractivity contribution in [1.29, 1.82) is 0 Å². The molecule has 0 heterocycles. The van der Waals surface area contributed by atoms with Gasteiger partial charge in [-0.25, -0.2) is 4.79 Å². The van der Waals surface area contributed by atoms with Crippen LogP contribution in [-0.2, 0) is 16.0 Å². The number of Topliss-reactive ketones (excluding diaryl/α,β-unsaturated/α-hetero) is 1. The van der Waals surface area contributed by atoms with Crippen LogP contribution in [0, 0.1) is 10.1 Å². The summed E-state index contributed by atoms with van der Waals surface area (Å²) in [6, 6.07) is 12.4. The van der Waals surface area contributed by atoms with Gasteiger partial charge in [0.1, 0.15) is 5.75 Å². The van der Waals surface area contributed by atoms with E-state index in [0.29, 0.717) is 5.75 Å². The average Bonchev–Trinajstić information content (AvgIpc) is 2.64. The van der Waals surface area contributed by atoms with Gasteiger partial charge in [0.2, 0.25) is 0 Å². The first-order chi connectivity index (χ1) is 12.0. The second-order valence-corrected chi connectivity index (χ2v) is 5.17. The van der Waals surface area contributed by atoms with Crippen molar-refractivity contribution < 1.29 is 24.0 Å². The second-order valence-electron chi connectivity index (χ2n) is 5.17. The van der Waals surface area contributed by atoms with E-state index >= 15 is 0 Å². The van der Waals surface area contributed by atoms with Crippen LogP contribution in [-0.4, -0.2) is 29.9 Å². The Morgan fingerprint density at radius 2 is 1.64 bits per heavy atom. The van der Waals surface area contributed by atoms with E-state index in [9.17, 15) is 19.7 Å². The Balaban J connectivity index is 1.78. The van der Waals surface area contributed by atoms with E-state index in [1.807, 2.05) is 19.1 Å². The quantitative estimate of drug-likeness (QED) is 0.316. The highest BCUT2D eigenvalue weighted by atomic mass is 16.6. The van der Waals surface area contributed by atoms with Crippen LogP contribution >= 0.6 is 0 Å². The van der Waals surface area contributed by atoms with Gasteiger partial charge in [-0.1, -0.05) is 19.1 Å². The van der Waals surface area contributed by atoms with Crippen molar-refractivity contribution in [2.24, 2.45) is 0 Å². The molecule has 7 heteroatoms. The number of carbonyl (C=O) groups excluding carboxylic acids is 2. The number of nitro groups is 1. The Hall–Kier alpha value is -3.22. The normalized spacial score (nSPS) is 10.1. The molecule has 0 aromatic heterocycles. The lowest BCUT2D eigenvalue weighted by molar-refractivity contribution is -0.384. The Bertz CT molecular complexity index is 752. The molecule has 0 unspecified atom stereocenters. The third-order valence-corrected chi connectivity index (χ3v) is 3.45. The fourth-order valence-corrected chi connectivity index (χ4v) is 2.00. The molecule has 0 atom stereocenters. The van der Waals surface area contributed by atoms with Crippen LogP contribution < -0.4 is 4.74 Å². The fourth-order valence-electron chi connectivity index (χ4n) is 2.00.